The van der Waals surface area contributed by atoms with Crippen LogP contribution in [0.2, 0.25) is 0 Å². The molecule has 1 saturated carbocycles. The van der Waals surface area contributed by atoms with Crippen LogP contribution in [0.1, 0.15) is 36.0 Å². The van der Waals surface area contributed by atoms with E-state index in [9.17, 15) is 9.18 Å². The number of rotatable bonds is 7. The molecule has 1 aromatic carbocycles. The highest BCUT2D eigenvalue weighted by Gasteiger charge is 2.26. The monoisotopic (exact) mass is 423 g/mol. The average molecular weight is 423 g/mol. The molecule has 162 valence electrons. The van der Waals surface area contributed by atoms with Gasteiger partial charge >= 0.3 is 0 Å². The van der Waals surface area contributed by atoms with Gasteiger partial charge in [-0.3, -0.25) is 4.79 Å². The molecule has 2 heterocycles. The lowest BCUT2D eigenvalue weighted by Gasteiger charge is -2.32. The smallest absolute Gasteiger partial charge is 0.252 e. The van der Waals surface area contributed by atoms with Crippen molar-refractivity contribution in [3.63, 3.8) is 0 Å². The summed E-state index contributed by atoms with van der Waals surface area (Å²) in [4.78, 5) is 20.3. The van der Waals surface area contributed by atoms with Crippen molar-refractivity contribution in [2.75, 3.05) is 17.7 Å². The fourth-order valence-electron chi connectivity index (χ4n) is 3.96. The van der Waals surface area contributed by atoms with Gasteiger partial charge in [0, 0.05) is 35.9 Å². The number of nitrogens with zero attached hydrogens (tertiary/aromatic N) is 3. The van der Waals surface area contributed by atoms with Gasteiger partial charge < -0.3 is 26.3 Å². The molecule has 9 heteroatoms. The second-order valence-corrected chi connectivity index (χ2v) is 7.65. The third kappa shape index (κ3) is 4.66. The molecule has 1 amide bonds. The molecule has 2 unspecified atom stereocenters. The van der Waals surface area contributed by atoms with Gasteiger partial charge in [0.1, 0.15) is 5.82 Å². The molecule has 1 aliphatic rings. The summed E-state index contributed by atoms with van der Waals surface area (Å²) in [6.07, 6.45) is 9.40. The molecule has 0 saturated heterocycles. The Morgan fingerprint density at radius 2 is 1.90 bits per heavy atom. The number of nitrogens with two attached hydrogens (primary N) is 1. The summed E-state index contributed by atoms with van der Waals surface area (Å²) in [5.41, 5.74) is 7.10. The zero-order valence-electron chi connectivity index (χ0n) is 17.3. The first kappa shape index (κ1) is 20.8. The molecule has 1 fully saturated rings. The normalized spacial score (nSPS) is 18.5. The van der Waals surface area contributed by atoms with Crippen LogP contribution in [-0.4, -0.2) is 39.6 Å². The largest absolute Gasteiger partial charge is 0.365 e. The number of amides is 1. The van der Waals surface area contributed by atoms with Gasteiger partial charge in [-0.25, -0.2) is 14.4 Å². The number of nitrogens with one attached hydrogen (secondary N) is 3. The van der Waals surface area contributed by atoms with E-state index in [1.165, 1.54) is 0 Å². The Labute approximate surface area is 180 Å². The molecule has 5 N–H and O–H groups in total. The number of carbonyl (C=O) groups excluding carboxylic acids is 1. The number of halogens is 1. The van der Waals surface area contributed by atoms with Crippen LogP contribution >= 0.6 is 0 Å². The number of hydrogen-bond donors (Lipinski definition) is 4. The molecule has 2 atom stereocenters. The van der Waals surface area contributed by atoms with E-state index < -0.39 is 11.7 Å². The average Bonchev–Trinajstić information content (AvgIpc) is 3.31. The molecule has 8 nitrogen and oxygen atoms in total. The van der Waals surface area contributed by atoms with Crippen molar-refractivity contribution >= 4 is 23.2 Å². The first-order valence-corrected chi connectivity index (χ1v) is 10.3. The van der Waals surface area contributed by atoms with Crippen molar-refractivity contribution in [3.05, 3.63) is 60.4 Å². The molecular weight excluding hydrogens is 397 g/mol. The number of likely N-dealkylation sites (N-methyl/N-ethyl adjacent to an activating group) is 1. The van der Waals surface area contributed by atoms with Crippen molar-refractivity contribution in [1.29, 1.82) is 0 Å². The topological polar surface area (TPSA) is 110 Å². The number of anilines is 3. The zero-order valence-corrected chi connectivity index (χ0v) is 17.3. The van der Waals surface area contributed by atoms with Crippen LogP contribution in [0.25, 0.3) is 5.69 Å². The quantitative estimate of drug-likeness (QED) is 0.465. The Kier molecular flexibility index (Phi) is 6.13. The molecule has 0 bridgehead atoms. The second-order valence-electron chi connectivity index (χ2n) is 7.65. The molecule has 0 spiro atoms. The molecule has 4 rings (SSSR count). The predicted molar refractivity (Wildman–Crippen MR) is 118 cm³/mol. The summed E-state index contributed by atoms with van der Waals surface area (Å²) in [5.74, 6) is -1.03. The standard InChI is InChI=1S/C22H26FN7O/c1-25-18-4-2-3-5-19(18)28-22-17(23)12-16(20(24)31)21(29-22)27-14-6-8-15(9-7-14)30-11-10-26-13-30/h6-13,18-19,25H,2-5H2,1H3,(H2,24,31)(H2,27,28,29). The van der Waals surface area contributed by atoms with E-state index in [-0.39, 0.29) is 29.3 Å². The van der Waals surface area contributed by atoms with Crippen LogP contribution < -0.4 is 21.7 Å². The summed E-state index contributed by atoms with van der Waals surface area (Å²) >= 11 is 0. The predicted octanol–water partition coefficient (Wildman–Crippen LogP) is 3.19. The number of primary amides is 1. The Morgan fingerprint density at radius 3 is 2.55 bits per heavy atom. The van der Waals surface area contributed by atoms with Crippen molar-refractivity contribution in [3.8, 4) is 5.69 Å². The molecule has 31 heavy (non-hydrogen) atoms. The second kappa shape index (κ2) is 9.13. The molecular formula is C22H26FN7O. The first-order chi connectivity index (χ1) is 15.0. The molecule has 1 aliphatic carbocycles. The molecule has 3 aromatic rings. The fourth-order valence-corrected chi connectivity index (χ4v) is 3.96. The van der Waals surface area contributed by atoms with Crippen LogP contribution in [0.4, 0.5) is 21.7 Å². The summed E-state index contributed by atoms with van der Waals surface area (Å²) in [7, 11) is 1.91. The van der Waals surface area contributed by atoms with E-state index in [0.717, 1.165) is 37.4 Å². The van der Waals surface area contributed by atoms with Gasteiger partial charge in [0.2, 0.25) is 0 Å². The number of hydrogen-bond acceptors (Lipinski definition) is 6. The Morgan fingerprint density at radius 1 is 1.16 bits per heavy atom. The maximum Gasteiger partial charge on any atom is 0.252 e. The van der Waals surface area contributed by atoms with E-state index in [2.05, 4.69) is 25.9 Å². The van der Waals surface area contributed by atoms with Crippen LogP contribution in [0.5, 0.6) is 0 Å². The first-order valence-electron chi connectivity index (χ1n) is 10.3. The minimum absolute atomic E-state index is 0.00412. The maximum absolute atomic E-state index is 14.7. The lowest BCUT2D eigenvalue weighted by molar-refractivity contribution is 0.100. The van der Waals surface area contributed by atoms with Gasteiger partial charge in [0.05, 0.1) is 11.9 Å². The van der Waals surface area contributed by atoms with Gasteiger partial charge in [-0.05, 0) is 50.2 Å². The lowest BCUT2D eigenvalue weighted by Crippen LogP contribution is -2.45. The number of pyridine rings is 1. The Bertz CT molecular complexity index is 1040. The SMILES string of the molecule is CNC1CCCCC1Nc1nc(Nc2ccc(-n3ccnc3)cc2)c(C(N)=O)cc1F. The Balaban J connectivity index is 1.59. The van der Waals surface area contributed by atoms with E-state index in [0.29, 0.717) is 5.69 Å². The summed E-state index contributed by atoms with van der Waals surface area (Å²) in [6.45, 7) is 0. The lowest BCUT2D eigenvalue weighted by atomic mass is 9.90. The highest BCUT2D eigenvalue weighted by atomic mass is 19.1. The van der Waals surface area contributed by atoms with Gasteiger partial charge in [0.25, 0.3) is 5.91 Å². The molecule has 0 aliphatic heterocycles. The van der Waals surface area contributed by atoms with Gasteiger partial charge in [-0.15, -0.1) is 0 Å². The third-order valence-corrected chi connectivity index (χ3v) is 5.63. The zero-order chi connectivity index (χ0) is 21.8. The minimum atomic E-state index is -0.749. The van der Waals surface area contributed by atoms with Gasteiger partial charge in [-0.1, -0.05) is 12.8 Å². The van der Waals surface area contributed by atoms with Crippen LogP contribution in [0.15, 0.2) is 49.1 Å². The number of carbonyl (C=O) groups is 1. The molecule has 0 radical (unpaired) electrons. The van der Waals surface area contributed by atoms with Gasteiger partial charge in [-0.2, -0.15) is 0 Å². The summed E-state index contributed by atoms with van der Waals surface area (Å²) in [5, 5.41) is 9.60. The van der Waals surface area contributed by atoms with Crippen molar-refractivity contribution in [1.82, 2.24) is 19.9 Å². The van der Waals surface area contributed by atoms with Crippen LogP contribution in [0.3, 0.4) is 0 Å². The Hall–Kier alpha value is -3.46. The van der Waals surface area contributed by atoms with Gasteiger partial charge in [0.15, 0.2) is 11.6 Å². The van der Waals surface area contributed by atoms with Crippen molar-refractivity contribution in [2.24, 2.45) is 5.73 Å². The van der Waals surface area contributed by atoms with E-state index in [1.54, 1.807) is 12.5 Å². The van der Waals surface area contributed by atoms with Crippen LogP contribution in [0, 0.1) is 5.82 Å². The van der Waals surface area contributed by atoms with E-state index >= 15 is 0 Å². The summed E-state index contributed by atoms with van der Waals surface area (Å²) in [6, 6.07) is 8.91. The highest BCUT2D eigenvalue weighted by Crippen LogP contribution is 2.27. The minimum Gasteiger partial charge on any atom is -0.365 e. The van der Waals surface area contributed by atoms with E-state index in [4.69, 9.17) is 5.73 Å². The number of aromatic nitrogens is 3. The molecule has 2 aromatic heterocycles. The van der Waals surface area contributed by atoms with Crippen LogP contribution in [-0.2, 0) is 0 Å². The third-order valence-electron chi connectivity index (χ3n) is 5.63. The summed E-state index contributed by atoms with van der Waals surface area (Å²) < 4.78 is 16.6. The fraction of sp³-hybridized carbons (Fsp3) is 0.318. The van der Waals surface area contributed by atoms with E-state index in [1.807, 2.05) is 42.1 Å². The number of imidazole rings is 1. The van der Waals surface area contributed by atoms with Crippen molar-refractivity contribution < 1.29 is 9.18 Å². The highest BCUT2D eigenvalue weighted by molar-refractivity contribution is 5.98. The van der Waals surface area contributed by atoms with Crippen molar-refractivity contribution in [2.45, 2.75) is 37.8 Å². The number of benzene rings is 1. The maximum atomic E-state index is 14.7.